The standard InChI is InChI=1S/C15H11ClF2N2O2/c16-10-4-1-3-9(7-10)8-19-14(21)15(22)20-12-6-2-5-11(17)13(12)18/h1-7H,8H2,(H,19,21)(H,20,22). The van der Waals surface area contributed by atoms with Gasteiger partial charge in [-0.05, 0) is 29.8 Å². The van der Waals surface area contributed by atoms with Gasteiger partial charge in [-0.25, -0.2) is 8.78 Å². The number of benzene rings is 2. The molecule has 0 saturated heterocycles. The van der Waals surface area contributed by atoms with E-state index in [2.05, 4.69) is 5.32 Å². The molecule has 0 fully saturated rings. The van der Waals surface area contributed by atoms with E-state index >= 15 is 0 Å². The summed E-state index contributed by atoms with van der Waals surface area (Å²) in [5.41, 5.74) is 0.300. The monoisotopic (exact) mass is 324 g/mol. The van der Waals surface area contributed by atoms with E-state index in [0.29, 0.717) is 10.6 Å². The number of carbonyl (C=O) groups is 2. The Kier molecular flexibility index (Phi) is 5.06. The Labute approximate surface area is 130 Å². The van der Waals surface area contributed by atoms with Crippen molar-refractivity contribution in [2.45, 2.75) is 6.54 Å². The Balaban J connectivity index is 1.95. The summed E-state index contributed by atoms with van der Waals surface area (Å²) in [5, 5.41) is 4.86. The topological polar surface area (TPSA) is 58.2 Å². The number of nitrogens with one attached hydrogen (secondary N) is 2. The highest BCUT2D eigenvalue weighted by Gasteiger charge is 2.16. The van der Waals surface area contributed by atoms with Gasteiger partial charge >= 0.3 is 11.8 Å². The molecular weight excluding hydrogens is 314 g/mol. The first-order valence-electron chi connectivity index (χ1n) is 6.25. The molecule has 22 heavy (non-hydrogen) atoms. The third-order valence-corrected chi connectivity index (χ3v) is 2.98. The summed E-state index contributed by atoms with van der Waals surface area (Å²) in [4.78, 5) is 23.3. The number of amides is 2. The largest absolute Gasteiger partial charge is 0.344 e. The number of halogens is 3. The highest BCUT2D eigenvalue weighted by molar-refractivity contribution is 6.39. The molecule has 2 aromatic carbocycles. The van der Waals surface area contributed by atoms with Gasteiger partial charge in [0.25, 0.3) is 0 Å². The molecule has 0 radical (unpaired) electrons. The number of anilines is 1. The van der Waals surface area contributed by atoms with Crippen LogP contribution in [0.25, 0.3) is 0 Å². The molecular formula is C15H11ClF2N2O2. The second-order valence-electron chi connectivity index (χ2n) is 4.37. The van der Waals surface area contributed by atoms with E-state index in [1.54, 1.807) is 24.3 Å². The Hall–Kier alpha value is -2.47. The zero-order chi connectivity index (χ0) is 16.1. The van der Waals surface area contributed by atoms with Crippen LogP contribution >= 0.6 is 11.6 Å². The molecule has 0 aliphatic rings. The van der Waals surface area contributed by atoms with Crippen molar-refractivity contribution < 1.29 is 18.4 Å². The lowest BCUT2D eigenvalue weighted by Gasteiger charge is -2.08. The van der Waals surface area contributed by atoms with Crippen LogP contribution in [0, 0.1) is 11.6 Å². The van der Waals surface area contributed by atoms with Crippen LogP contribution in [0.2, 0.25) is 5.02 Å². The van der Waals surface area contributed by atoms with Crippen molar-refractivity contribution in [3.05, 3.63) is 64.7 Å². The van der Waals surface area contributed by atoms with E-state index in [-0.39, 0.29) is 6.54 Å². The third kappa shape index (κ3) is 4.02. The van der Waals surface area contributed by atoms with Crippen LogP contribution in [0.5, 0.6) is 0 Å². The summed E-state index contributed by atoms with van der Waals surface area (Å²) in [7, 11) is 0. The lowest BCUT2D eigenvalue weighted by atomic mass is 10.2. The molecule has 2 N–H and O–H groups in total. The fourth-order valence-electron chi connectivity index (χ4n) is 1.69. The van der Waals surface area contributed by atoms with Gasteiger partial charge in [-0.15, -0.1) is 0 Å². The first kappa shape index (κ1) is 15.9. The molecule has 0 unspecified atom stereocenters. The molecule has 114 valence electrons. The van der Waals surface area contributed by atoms with Gasteiger partial charge in [0.15, 0.2) is 11.6 Å². The van der Waals surface area contributed by atoms with E-state index in [9.17, 15) is 18.4 Å². The normalized spacial score (nSPS) is 10.1. The number of hydrogen-bond acceptors (Lipinski definition) is 2. The molecule has 2 rings (SSSR count). The molecule has 0 bridgehead atoms. The third-order valence-electron chi connectivity index (χ3n) is 2.75. The Morgan fingerprint density at radius 3 is 2.50 bits per heavy atom. The van der Waals surface area contributed by atoms with E-state index < -0.39 is 29.1 Å². The van der Waals surface area contributed by atoms with Crippen LogP contribution < -0.4 is 10.6 Å². The minimum atomic E-state index is -1.22. The van der Waals surface area contributed by atoms with Crippen molar-refractivity contribution in [3.63, 3.8) is 0 Å². The van der Waals surface area contributed by atoms with Crippen LogP contribution in [0.1, 0.15) is 5.56 Å². The van der Waals surface area contributed by atoms with Crippen LogP contribution in [0.3, 0.4) is 0 Å². The van der Waals surface area contributed by atoms with E-state index in [1.165, 1.54) is 6.07 Å². The molecule has 0 aromatic heterocycles. The minimum absolute atomic E-state index is 0.0818. The Morgan fingerprint density at radius 1 is 1.05 bits per heavy atom. The van der Waals surface area contributed by atoms with Gasteiger partial charge in [-0.2, -0.15) is 0 Å². The highest BCUT2D eigenvalue weighted by Crippen LogP contribution is 2.16. The SMILES string of the molecule is O=C(NCc1cccc(Cl)c1)C(=O)Nc1cccc(F)c1F. The van der Waals surface area contributed by atoms with Crippen molar-refractivity contribution in [3.8, 4) is 0 Å². The van der Waals surface area contributed by atoms with Crippen LogP contribution in [-0.4, -0.2) is 11.8 Å². The lowest BCUT2D eigenvalue weighted by Crippen LogP contribution is -2.35. The molecule has 0 saturated carbocycles. The van der Waals surface area contributed by atoms with Crippen LogP contribution in [-0.2, 0) is 16.1 Å². The fourth-order valence-corrected chi connectivity index (χ4v) is 1.90. The number of carbonyl (C=O) groups excluding carboxylic acids is 2. The zero-order valence-corrected chi connectivity index (χ0v) is 12.0. The molecule has 2 aromatic rings. The van der Waals surface area contributed by atoms with Gasteiger partial charge < -0.3 is 10.6 Å². The molecule has 0 atom stereocenters. The van der Waals surface area contributed by atoms with Crippen molar-refractivity contribution in [2.75, 3.05) is 5.32 Å². The highest BCUT2D eigenvalue weighted by atomic mass is 35.5. The summed E-state index contributed by atoms with van der Waals surface area (Å²) in [6, 6.07) is 10.0. The molecule has 0 heterocycles. The first-order valence-corrected chi connectivity index (χ1v) is 6.63. The summed E-state index contributed by atoms with van der Waals surface area (Å²) in [5.74, 6) is -4.40. The van der Waals surface area contributed by atoms with Crippen LogP contribution in [0.15, 0.2) is 42.5 Å². The Morgan fingerprint density at radius 2 is 1.77 bits per heavy atom. The van der Waals surface area contributed by atoms with Gasteiger partial charge in [0.2, 0.25) is 0 Å². The second kappa shape index (κ2) is 7.00. The van der Waals surface area contributed by atoms with Gasteiger partial charge in [-0.3, -0.25) is 9.59 Å². The van der Waals surface area contributed by atoms with Crippen molar-refractivity contribution >= 4 is 29.1 Å². The minimum Gasteiger partial charge on any atom is -0.344 e. The Bertz CT molecular complexity index is 722. The predicted octanol–water partition coefficient (Wildman–Crippen LogP) is 2.87. The molecule has 0 aliphatic heterocycles. The van der Waals surface area contributed by atoms with Gasteiger partial charge in [-0.1, -0.05) is 29.8 Å². The second-order valence-corrected chi connectivity index (χ2v) is 4.80. The van der Waals surface area contributed by atoms with Crippen molar-refractivity contribution in [2.24, 2.45) is 0 Å². The summed E-state index contributed by atoms with van der Waals surface area (Å²) in [6.45, 7) is 0.0818. The van der Waals surface area contributed by atoms with Crippen molar-refractivity contribution in [1.29, 1.82) is 0 Å². The van der Waals surface area contributed by atoms with Gasteiger partial charge in [0.1, 0.15) is 0 Å². The predicted molar refractivity (Wildman–Crippen MR) is 78.3 cm³/mol. The maximum absolute atomic E-state index is 13.4. The van der Waals surface area contributed by atoms with Gasteiger partial charge in [0.05, 0.1) is 5.69 Å². The molecule has 7 heteroatoms. The molecule has 0 spiro atoms. The van der Waals surface area contributed by atoms with Crippen molar-refractivity contribution in [1.82, 2.24) is 5.32 Å². The lowest BCUT2D eigenvalue weighted by molar-refractivity contribution is -0.136. The van der Waals surface area contributed by atoms with E-state index in [4.69, 9.17) is 11.6 Å². The summed E-state index contributed by atoms with van der Waals surface area (Å²) >= 11 is 5.79. The molecule has 2 amide bonds. The molecule has 0 aliphatic carbocycles. The molecule has 4 nitrogen and oxygen atoms in total. The smallest absolute Gasteiger partial charge is 0.313 e. The maximum Gasteiger partial charge on any atom is 0.313 e. The van der Waals surface area contributed by atoms with E-state index in [0.717, 1.165) is 12.1 Å². The first-order chi connectivity index (χ1) is 10.5. The number of hydrogen-bond donors (Lipinski definition) is 2. The zero-order valence-electron chi connectivity index (χ0n) is 11.2. The van der Waals surface area contributed by atoms with Crippen LogP contribution in [0.4, 0.5) is 14.5 Å². The van der Waals surface area contributed by atoms with E-state index in [1.807, 2.05) is 5.32 Å². The summed E-state index contributed by atoms with van der Waals surface area (Å²) < 4.78 is 26.4. The number of rotatable bonds is 3. The maximum atomic E-state index is 13.4. The quantitative estimate of drug-likeness (QED) is 0.853. The summed E-state index contributed by atoms with van der Waals surface area (Å²) in [6.07, 6.45) is 0. The van der Waals surface area contributed by atoms with Gasteiger partial charge in [0, 0.05) is 11.6 Å². The fraction of sp³-hybridized carbons (Fsp3) is 0.0667. The average Bonchev–Trinajstić information content (AvgIpc) is 2.49. The average molecular weight is 325 g/mol.